The summed E-state index contributed by atoms with van der Waals surface area (Å²) in [6, 6.07) is 13.0. The quantitative estimate of drug-likeness (QED) is 0.382. The molecule has 0 bridgehead atoms. The molecule has 3 aliphatic heterocycles. The number of aliphatic hydroxyl groups is 1. The van der Waals surface area contributed by atoms with Gasteiger partial charge in [0.05, 0.1) is 27.9 Å². The van der Waals surface area contributed by atoms with Crippen molar-refractivity contribution in [2.75, 3.05) is 69.3 Å². The lowest BCUT2D eigenvalue weighted by molar-refractivity contribution is -0.139. The van der Waals surface area contributed by atoms with Crippen molar-refractivity contribution in [3.8, 4) is 6.07 Å². The highest BCUT2D eigenvalue weighted by Crippen LogP contribution is 2.40. The number of nitriles is 1. The third kappa shape index (κ3) is 6.59. The van der Waals surface area contributed by atoms with E-state index in [4.69, 9.17) is 4.98 Å². The average molecular weight is 630 g/mol. The molecule has 2 saturated heterocycles. The smallest absolute Gasteiger partial charge is 0.236 e. The van der Waals surface area contributed by atoms with Crippen molar-refractivity contribution in [2.45, 2.75) is 32.6 Å². The number of benzene rings is 1. The zero-order chi connectivity index (χ0) is 31.5. The highest BCUT2D eigenvalue weighted by atomic mass is 32.2. The number of carbonyl (C=O) groups excluding carboxylic acids is 1. The van der Waals surface area contributed by atoms with E-state index in [0.29, 0.717) is 24.5 Å². The first-order valence-electron chi connectivity index (χ1n) is 15.8. The van der Waals surface area contributed by atoms with Gasteiger partial charge in [-0.1, -0.05) is 36.9 Å². The number of rotatable bonds is 8. The molecule has 0 spiro atoms. The Balaban J connectivity index is 1.20. The van der Waals surface area contributed by atoms with Crippen LogP contribution in [0.25, 0.3) is 11.2 Å². The summed E-state index contributed by atoms with van der Waals surface area (Å²) in [7, 11) is 2.04. The van der Waals surface area contributed by atoms with Crippen LogP contribution >= 0.6 is 11.8 Å². The Bertz CT molecular complexity index is 1650. The average Bonchev–Trinajstić information content (AvgIpc) is 3.39. The number of piperazine rings is 1. The van der Waals surface area contributed by atoms with Crippen LogP contribution in [0.15, 0.2) is 58.6 Å². The Morgan fingerprint density at radius 3 is 2.60 bits per heavy atom. The number of imidazole rings is 1. The molecule has 6 rings (SSSR count). The van der Waals surface area contributed by atoms with Crippen molar-refractivity contribution in [3.63, 3.8) is 0 Å². The lowest BCUT2D eigenvalue weighted by Crippen LogP contribution is -2.56. The number of hydrogen-bond acceptors (Lipinski definition) is 8. The zero-order valence-corrected chi connectivity index (χ0v) is 26.8. The second-order valence-electron chi connectivity index (χ2n) is 12.0. The molecule has 2 aromatic heterocycles. The minimum atomic E-state index is -0.285. The van der Waals surface area contributed by atoms with E-state index < -0.39 is 0 Å². The molecule has 0 radical (unpaired) electrons. The first kappa shape index (κ1) is 31.1. The first-order chi connectivity index (χ1) is 21.9. The number of aryl methyl sites for hydroxylation is 1. The molecule has 1 aromatic carbocycles. The number of amides is 1. The Morgan fingerprint density at radius 1 is 1.16 bits per heavy atom. The normalized spacial score (nSPS) is 21.1. The summed E-state index contributed by atoms with van der Waals surface area (Å²) in [6.45, 7) is 7.26. The highest BCUT2D eigenvalue weighted by molar-refractivity contribution is 8.07. The molecule has 0 atom stereocenters. The van der Waals surface area contributed by atoms with Gasteiger partial charge in [-0.2, -0.15) is 5.26 Å². The predicted molar refractivity (Wildman–Crippen MR) is 177 cm³/mol. The Labute approximate surface area is 268 Å². The third-order valence-corrected chi connectivity index (χ3v) is 10.2. The van der Waals surface area contributed by atoms with Gasteiger partial charge >= 0.3 is 0 Å². The van der Waals surface area contributed by atoms with Gasteiger partial charge in [0.2, 0.25) is 5.91 Å². The van der Waals surface area contributed by atoms with E-state index in [9.17, 15) is 19.6 Å². The summed E-state index contributed by atoms with van der Waals surface area (Å²) in [6.07, 6.45) is 7.65. The van der Waals surface area contributed by atoms with Gasteiger partial charge in [0.1, 0.15) is 23.4 Å². The third-order valence-electron chi connectivity index (χ3n) is 9.02. The number of anilines is 2. The standard InChI is InChI=1S/C34H40FN7O2S/c1-3-29-34(38(2)33-7-5-4-6-28(30(18-36)45-33)25-8-10-26(35)11-9-25)42-21-27(12-13-31(42)37-29)40-16-14-39(15-17-40)22-32(44)41-19-24(20-41)23-43/h7-13,21,24,43H,3-6,14-17,19-20,22-23H2,1-2H3/b30-28+,33-7+. The SMILES string of the molecule is CCc1nc2ccc(N3CCN(CC(=O)N4CC(CO)C4)CC3)cn2c1N(C)/C1=C\CCC/C(c2ccc(F)cc2)=C(/C#N)S1. The Hall–Kier alpha value is -3.85. The molecule has 3 aliphatic rings. The number of fused-ring (bicyclic) bond motifs is 1. The van der Waals surface area contributed by atoms with Crippen molar-refractivity contribution >= 4 is 40.4 Å². The fraction of sp³-hybridized carbons (Fsp3) is 0.441. The minimum Gasteiger partial charge on any atom is -0.396 e. The number of pyridine rings is 1. The van der Waals surface area contributed by atoms with E-state index in [1.165, 1.54) is 23.9 Å². The molecule has 2 fully saturated rings. The number of aromatic nitrogens is 2. The van der Waals surface area contributed by atoms with E-state index >= 15 is 0 Å². The summed E-state index contributed by atoms with van der Waals surface area (Å²) in [4.78, 5) is 26.8. The number of halogens is 1. The van der Waals surface area contributed by atoms with Gasteiger partial charge in [-0.05, 0) is 61.1 Å². The van der Waals surface area contributed by atoms with Crippen LogP contribution in [0.4, 0.5) is 15.9 Å². The minimum absolute atomic E-state index is 0.147. The molecule has 1 amide bonds. The Kier molecular flexibility index (Phi) is 9.45. The fourth-order valence-corrected chi connectivity index (χ4v) is 7.37. The van der Waals surface area contributed by atoms with Gasteiger partial charge in [-0.3, -0.25) is 14.1 Å². The van der Waals surface area contributed by atoms with Gasteiger partial charge in [-0.15, -0.1) is 0 Å². The van der Waals surface area contributed by atoms with E-state index in [2.05, 4.69) is 56.5 Å². The summed E-state index contributed by atoms with van der Waals surface area (Å²) in [5.74, 6) is 1.07. The van der Waals surface area contributed by atoms with Gasteiger partial charge in [-0.25, -0.2) is 9.37 Å². The number of hydrogen-bond donors (Lipinski definition) is 1. The van der Waals surface area contributed by atoms with E-state index in [1.54, 1.807) is 12.1 Å². The lowest BCUT2D eigenvalue weighted by Gasteiger charge is -2.41. The summed E-state index contributed by atoms with van der Waals surface area (Å²) in [5, 5.41) is 20.4. The van der Waals surface area contributed by atoms with Crippen LogP contribution in [0.2, 0.25) is 0 Å². The van der Waals surface area contributed by atoms with Gasteiger partial charge in [0, 0.05) is 65.0 Å². The van der Waals surface area contributed by atoms with Crippen molar-refractivity contribution in [1.29, 1.82) is 5.26 Å². The predicted octanol–water partition coefficient (Wildman–Crippen LogP) is 4.74. The van der Waals surface area contributed by atoms with Gasteiger partial charge < -0.3 is 19.8 Å². The van der Waals surface area contributed by atoms with Gasteiger partial charge in [0.25, 0.3) is 0 Å². The van der Waals surface area contributed by atoms with E-state index in [1.807, 2.05) is 11.9 Å². The summed E-state index contributed by atoms with van der Waals surface area (Å²) < 4.78 is 15.8. The maximum absolute atomic E-state index is 13.6. The maximum Gasteiger partial charge on any atom is 0.236 e. The van der Waals surface area contributed by atoms with Crippen molar-refractivity contribution in [1.82, 2.24) is 19.2 Å². The van der Waals surface area contributed by atoms with Gasteiger partial charge in [0.15, 0.2) is 0 Å². The molecule has 0 aliphatic carbocycles. The molecule has 3 aromatic rings. The van der Waals surface area contributed by atoms with Crippen molar-refractivity contribution in [2.24, 2.45) is 5.92 Å². The maximum atomic E-state index is 13.6. The number of allylic oxidation sites excluding steroid dienone is 3. The monoisotopic (exact) mass is 629 g/mol. The van der Waals surface area contributed by atoms with E-state index in [0.717, 1.165) is 90.9 Å². The van der Waals surface area contributed by atoms with Crippen LogP contribution in [0.3, 0.4) is 0 Å². The first-order valence-corrected chi connectivity index (χ1v) is 16.6. The van der Waals surface area contributed by atoms with Crippen LogP contribution in [0.1, 0.15) is 37.4 Å². The molecular formula is C34H40FN7O2S. The molecule has 9 nitrogen and oxygen atoms in total. The molecule has 236 valence electrons. The second-order valence-corrected chi connectivity index (χ2v) is 13.0. The number of aliphatic hydroxyl groups excluding tert-OH is 1. The largest absolute Gasteiger partial charge is 0.396 e. The Morgan fingerprint density at radius 2 is 1.91 bits per heavy atom. The van der Waals surface area contributed by atoms with Crippen LogP contribution in [0, 0.1) is 23.1 Å². The molecular weight excluding hydrogens is 589 g/mol. The van der Waals surface area contributed by atoms with Crippen molar-refractivity contribution in [3.05, 3.63) is 75.7 Å². The highest BCUT2D eigenvalue weighted by Gasteiger charge is 2.31. The summed E-state index contributed by atoms with van der Waals surface area (Å²) >= 11 is 1.46. The number of nitrogens with zero attached hydrogens (tertiary/aromatic N) is 7. The number of likely N-dealkylation sites (tertiary alicyclic amines) is 1. The van der Waals surface area contributed by atoms with Crippen LogP contribution in [0.5, 0.6) is 0 Å². The number of thioether (sulfide) groups is 1. The molecule has 0 unspecified atom stereocenters. The fourth-order valence-electron chi connectivity index (χ4n) is 6.35. The molecule has 45 heavy (non-hydrogen) atoms. The topological polar surface area (TPSA) is 91.3 Å². The second kappa shape index (κ2) is 13.6. The molecule has 0 saturated carbocycles. The van der Waals surface area contributed by atoms with Crippen molar-refractivity contribution < 1.29 is 14.3 Å². The molecule has 1 N–H and O–H groups in total. The number of carbonyl (C=O) groups is 1. The van der Waals surface area contributed by atoms with E-state index in [-0.39, 0.29) is 24.2 Å². The molecule has 5 heterocycles. The van der Waals surface area contributed by atoms with Crippen LogP contribution in [-0.2, 0) is 11.2 Å². The zero-order valence-electron chi connectivity index (χ0n) is 26.0. The van der Waals surface area contributed by atoms with Crippen LogP contribution in [-0.4, -0.2) is 89.7 Å². The van der Waals surface area contributed by atoms with Crippen LogP contribution < -0.4 is 9.80 Å². The molecule has 11 heteroatoms. The summed E-state index contributed by atoms with van der Waals surface area (Å²) in [5.41, 5.74) is 4.80. The lowest BCUT2D eigenvalue weighted by atomic mass is 9.99.